The van der Waals surface area contributed by atoms with E-state index in [1.165, 1.54) is 12.1 Å². The van der Waals surface area contributed by atoms with E-state index in [-0.39, 0.29) is 29.1 Å². The zero-order valence-corrected chi connectivity index (χ0v) is 17.6. The number of carbonyl (C=O) groups is 1. The summed E-state index contributed by atoms with van der Waals surface area (Å²) >= 11 is 0. The van der Waals surface area contributed by atoms with Gasteiger partial charge in [-0.05, 0) is 51.5 Å². The summed E-state index contributed by atoms with van der Waals surface area (Å²) in [5.41, 5.74) is -1.99. The van der Waals surface area contributed by atoms with Gasteiger partial charge in [0, 0.05) is 12.6 Å². The summed E-state index contributed by atoms with van der Waals surface area (Å²) in [6.45, 7) is 6.91. The maximum absolute atomic E-state index is 14.5. The molecular formula is C22H22F3N3O3. The Labute approximate surface area is 176 Å². The van der Waals surface area contributed by atoms with Crippen molar-refractivity contribution >= 4 is 22.9 Å². The number of hydrogen-bond donors (Lipinski definition) is 0. The smallest absolute Gasteiger partial charge is 0.417 e. The fourth-order valence-electron chi connectivity index (χ4n) is 3.07. The molecule has 0 radical (unpaired) electrons. The van der Waals surface area contributed by atoms with E-state index in [1.54, 1.807) is 27.7 Å². The minimum Gasteiger partial charge on any atom is -0.443 e. The van der Waals surface area contributed by atoms with E-state index in [0.717, 1.165) is 27.7 Å². The van der Waals surface area contributed by atoms with Gasteiger partial charge < -0.3 is 4.74 Å². The van der Waals surface area contributed by atoms with E-state index in [0.29, 0.717) is 12.5 Å². The number of benzene rings is 2. The Kier molecular flexibility index (Phi) is 6.06. The highest BCUT2D eigenvalue weighted by molar-refractivity contribution is 5.88. The molecule has 1 aromatic heterocycles. The van der Waals surface area contributed by atoms with E-state index in [4.69, 9.17) is 4.74 Å². The molecule has 6 nitrogen and oxygen atoms in total. The van der Waals surface area contributed by atoms with Gasteiger partial charge in [0.2, 0.25) is 5.95 Å². The first-order chi connectivity index (χ1) is 14.5. The van der Waals surface area contributed by atoms with Crippen molar-refractivity contribution in [3.05, 3.63) is 64.2 Å². The summed E-state index contributed by atoms with van der Waals surface area (Å²) in [7, 11) is 0. The third-order valence-electron chi connectivity index (χ3n) is 4.24. The van der Waals surface area contributed by atoms with Crippen LogP contribution in [0.25, 0.3) is 16.6 Å². The molecule has 164 valence electrons. The van der Waals surface area contributed by atoms with Crippen LogP contribution in [0.5, 0.6) is 0 Å². The van der Waals surface area contributed by atoms with Crippen LogP contribution < -0.4 is 10.5 Å². The van der Waals surface area contributed by atoms with Crippen molar-refractivity contribution in [3.8, 4) is 5.69 Å². The molecule has 0 fully saturated rings. The van der Waals surface area contributed by atoms with Gasteiger partial charge in [-0.1, -0.05) is 13.0 Å². The van der Waals surface area contributed by atoms with Crippen LogP contribution in [-0.2, 0) is 4.74 Å². The number of nitrogens with zero attached hydrogens (tertiary/aromatic N) is 3. The molecule has 3 aromatic rings. The average molecular weight is 433 g/mol. The predicted octanol–water partition coefficient (Wildman–Crippen LogP) is 4.95. The quantitative estimate of drug-likeness (QED) is 0.584. The average Bonchev–Trinajstić information content (AvgIpc) is 2.63. The topological polar surface area (TPSA) is 64.4 Å². The number of carbonyl (C=O) groups excluding carboxylic acids is 1. The first-order valence-electron chi connectivity index (χ1n) is 9.70. The molecule has 1 heterocycles. The number of aromatic nitrogens is 2. The van der Waals surface area contributed by atoms with Gasteiger partial charge in [0.25, 0.3) is 5.56 Å². The van der Waals surface area contributed by atoms with Crippen molar-refractivity contribution in [1.82, 2.24) is 9.55 Å². The molecule has 31 heavy (non-hydrogen) atoms. The van der Waals surface area contributed by atoms with Crippen LogP contribution in [0, 0.1) is 17.5 Å². The van der Waals surface area contributed by atoms with Crippen molar-refractivity contribution in [1.29, 1.82) is 0 Å². The first kappa shape index (κ1) is 22.3. The molecule has 1 amide bonds. The van der Waals surface area contributed by atoms with Crippen molar-refractivity contribution in [2.24, 2.45) is 0 Å². The lowest BCUT2D eigenvalue weighted by Gasteiger charge is -2.28. The molecule has 0 N–H and O–H groups in total. The molecule has 3 rings (SSSR count). The number of halogens is 3. The Morgan fingerprint density at radius 3 is 2.35 bits per heavy atom. The van der Waals surface area contributed by atoms with Crippen LogP contribution in [0.1, 0.15) is 34.1 Å². The monoisotopic (exact) mass is 433 g/mol. The van der Waals surface area contributed by atoms with Crippen molar-refractivity contribution in [2.75, 3.05) is 11.4 Å². The number of fused-ring (bicyclic) bond motifs is 1. The van der Waals surface area contributed by atoms with Gasteiger partial charge in [-0.25, -0.2) is 32.4 Å². The van der Waals surface area contributed by atoms with Crippen molar-refractivity contribution < 1.29 is 22.7 Å². The van der Waals surface area contributed by atoms with E-state index in [2.05, 4.69) is 4.98 Å². The Hall–Kier alpha value is -3.36. The maximum atomic E-state index is 14.5. The number of ether oxygens (including phenoxy) is 1. The SMILES string of the molecule is CCCN(C(=O)OC(C)(C)C)c1nc2cccc(F)c2c(=O)n1-c1cc(F)cc(F)c1. The Morgan fingerprint density at radius 2 is 1.77 bits per heavy atom. The third-order valence-corrected chi connectivity index (χ3v) is 4.24. The lowest BCUT2D eigenvalue weighted by molar-refractivity contribution is 0.0577. The number of hydrogen-bond acceptors (Lipinski definition) is 4. The summed E-state index contributed by atoms with van der Waals surface area (Å²) in [5, 5.41) is -0.364. The minimum absolute atomic E-state index is 0.00205. The van der Waals surface area contributed by atoms with E-state index in [9.17, 15) is 22.8 Å². The minimum atomic E-state index is -0.944. The van der Waals surface area contributed by atoms with Crippen LogP contribution in [0.2, 0.25) is 0 Å². The van der Waals surface area contributed by atoms with Gasteiger partial charge in [-0.15, -0.1) is 0 Å². The summed E-state index contributed by atoms with van der Waals surface area (Å²) in [6, 6.07) is 6.32. The van der Waals surface area contributed by atoms with Crippen LogP contribution in [-0.4, -0.2) is 27.8 Å². The second kappa shape index (κ2) is 8.41. The standard InChI is InChI=1S/C22H22F3N3O3/c1-5-9-27(21(30)31-22(2,3)4)20-26-17-8-6-7-16(25)18(17)19(29)28(20)15-11-13(23)10-14(24)12-15/h6-8,10-12H,5,9H2,1-4H3. The molecule has 0 aliphatic heterocycles. The van der Waals surface area contributed by atoms with Crippen molar-refractivity contribution in [3.63, 3.8) is 0 Å². The lowest BCUT2D eigenvalue weighted by atomic mass is 10.2. The Balaban J connectivity index is 2.37. The first-order valence-corrected chi connectivity index (χ1v) is 9.70. The second-order valence-electron chi connectivity index (χ2n) is 7.95. The van der Waals surface area contributed by atoms with Gasteiger partial charge in [0.05, 0.1) is 11.2 Å². The van der Waals surface area contributed by atoms with Crippen LogP contribution in [0.3, 0.4) is 0 Å². The molecule has 0 aliphatic rings. The summed E-state index contributed by atoms with van der Waals surface area (Å²) < 4.78 is 48.6. The zero-order valence-electron chi connectivity index (χ0n) is 17.6. The fraction of sp³-hybridized carbons (Fsp3) is 0.318. The molecule has 0 aliphatic carbocycles. The summed E-state index contributed by atoms with van der Waals surface area (Å²) in [6.07, 6.45) is -0.337. The molecule has 0 spiro atoms. The molecule has 2 aromatic carbocycles. The normalized spacial score (nSPS) is 11.6. The fourth-order valence-corrected chi connectivity index (χ4v) is 3.07. The van der Waals surface area contributed by atoms with Crippen LogP contribution >= 0.6 is 0 Å². The number of amides is 1. The van der Waals surface area contributed by atoms with E-state index in [1.807, 2.05) is 0 Å². The van der Waals surface area contributed by atoms with E-state index >= 15 is 0 Å². The maximum Gasteiger partial charge on any atom is 0.417 e. The molecule has 0 saturated carbocycles. The molecule has 9 heteroatoms. The van der Waals surface area contributed by atoms with Crippen LogP contribution in [0.15, 0.2) is 41.2 Å². The predicted molar refractivity (Wildman–Crippen MR) is 111 cm³/mol. The zero-order chi connectivity index (χ0) is 22.9. The largest absolute Gasteiger partial charge is 0.443 e. The summed E-state index contributed by atoms with van der Waals surface area (Å²) in [5.74, 6) is -2.96. The van der Waals surface area contributed by atoms with Gasteiger partial charge in [0.1, 0.15) is 28.4 Å². The van der Waals surface area contributed by atoms with E-state index < -0.39 is 34.7 Å². The van der Waals surface area contributed by atoms with Gasteiger partial charge in [-0.2, -0.15) is 0 Å². The molecule has 0 atom stereocenters. The third kappa shape index (κ3) is 4.70. The highest BCUT2D eigenvalue weighted by Crippen LogP contribution is 2.24. The van der Waals surface area contributed by atoms with Gasteiger partial charge >= 0.3 is 6.09 Å². The lowest BCUT2D eigenvalue weighted by Crippen LogP contribution is -2.41. The summed E-state index contributed by atoms with van der Waals surface area (Å²) in [4.78, 5) is 31.6. The highest BCUT2D eigenvalue weighted by Gasteiger charge is 2.28. The second-order valence-corrected chi connectivity index (χ2v) is 7.95. The van der Waals surface area contributed by atoms with Gasteiger partial charge in [-0.3, -0.25) is 4.79 Å². The van der Waals surface area contributed by atoms with Gasteiger partial charge in [0.15, 0.2) is 0 Å². The molecular weight excluding hydrogens is 411 g/mol. The molecule has 0 unspecified atom stereocenters. The highest BCUT2D eigenvalue weighted by atomic mass is 19.1. The van der Waals surface area contributed by atoms with Crippen molar-refractivity contribution in [2.45, 2.75) is 39.7 Å². The molecule has 0 saturated heterocycles. The Bertz CT molecular complexity index is 1180. The number of anilines is 1. The Morgan fingerprint density at radius 1 is 1.13 bits per heavy atom. The molecule has 0 bridgehead atoms. The van der Waals surface area contributed by atoms with Crippen LogP contribution in [0.4, 0.5) is 23.9 Å². The number of rotatable bonds is 4.